The van der Waals surface area contributed by atoms with E-state index in [1.165, 1.54) is 51.4 Å². The second kappa shape index (κ2) is 9.94. The standard InChI is InChI=1S/C30H50O3/c1-7-32-28(31)33-23-15-17-29(5)22(19-23)11-12-24-26-14-13-25(21(4)10-8-9-20(2)3)30(26,6)18-16-27(24)29/h11,20-21,23-27H,7-10,12-19H2,1-6H3. The third-order valence-electron chi connectivity index (χ3n) is 10.8. The molecule has 0 spiro atoms. The summed E-state index contributed by atoms with van der Waals surface area (Å²) in [4.78, 5) is 11.9. The third-order valence-corrected chi connectivity index (χ3v) is 10.8. The maximum absolute atomic E-state index is 11.9. The molecule has 0 amide bonds. The van der Waals surface area contributed by atoms with Crippen LogP contribution in [0, 0.1) is 46.3 Å². The van der Waals surface area contributed by atoms with Crippen molar-refractivity contribution >= 4 is 6.16 Å². The number of allylic oxidation sites excluding steroid dienone is 1. The van der Waals surface area contributed by atoms with Crippen LogP contribution in [-0.4, -0.2) is 18.9 Å². The molecule has 8 atom stereocenters. The minimum Gasteiger partial charge on any atom is -0.435 e. The van der Waals surface area contributed by atoms with E-state index in [0.717, 1.165) is 54.8 Å². The first-order valence-electron chi connectivity index (χ1n) is 14.2. The lowest BCUT2D eigenvalue weighted by atomic mass is 9.47. The monoisotopic (exact) mass is 458 g/mol. The van der Waals surface area contributed by atoms with Crippen molar-refractivity contribution in [3.05, 3.63) is 11.6 Å². The Hall–Kier alpha value is -0.990. The summed E-state index contributed by atoms with van der Waals surface area (Å²) in [6.07, 6.45) is 16.3. The first kappa shape index (κ1) is 25.1. The average Bonchev–Trinajstić information content (AvgIpc) is 3.11. The van der Waals surface area contributed by atoms with E-state index in [9.17, 15) is 4.79 Å². The van der Waals surface area contributed by atoms with Gasteiger partial charge in [-0.2, -0.15) is 0 Å². The van der Waals surface area contributed by atoms with Crippen molar-refractivity contribution < 1.29 is 14.3 Å². The maximum Gasteiger partial charge on any atom is 0.508 e. The Bertz CT molecular complexity index is 726. The van der Waals surface area contributed by atoms with Crippen LogP contribution in [-0.2, 0) is 9.47 Å². The van der Waals surface area contributed by atoms with Gasteiger partial charge >= 0.3 is 6.16 Å². The van der Waals surface area contributed by atoms with Crippen molar-refractivity contribution in [2.45, 2.75) is 118 Å². The molecular weight excluding hydrogens is 408 g/mol. The molecule has 0 bridgehead atoms. The average molecular weight is 459 g/mol. The Balaban J connectivity index is 1.43. The topological polar surface area (TPSA) is 35.5 Å². The molecule has 0 aromatic heterocycles. The van der Waals surface area contributed by atoms with Crippen molar-refractivity contribution in [3.63, 3.8) is 0 Å². The normalized spacial score (nSPS) is 40.9. The van der Waals surface area contributed by atoms with Crippen LogP contribution >= 0.6 is 0 Å². The molecule has 0 aromatic carbocycles. The Kier molecular flexibility index (Phi) is 7.56. The summed E-state index contributed by atoms with van der Waals surface area (Å²) in [5.74, 6) is 5.19. The van der Waals surface area contributed by atoms with E-state index >= 15 is 0 Å². The van der Waals surface area contributed by atoms with Gasteiger partial charge in [0.05, 0.1) is 6.61 Å². The number of fused-ring (bicyclic) bond motifs is 5. The first-order valence-corrected chi connectivity index (χ1v) is 14.2. The van der Waals surface area contributed by atoms with Gasteiger partial charge in [0.15, 0.2) is 0 Å². The minimum atomic E-state index is -0.492. The smallest absolute Gasteiger partial charge is 0.435 e. The second-order valence-electron chi connectivity index (χ2n) is 13.0. The molecule has 4 aliphatic rings. The van der Waals surface area contributed by atoms with Gasteiger partial charge in [0.25, 0.3) is 0 Å². The van der Waals surface area contributed by atoms with Crippen LogP contribution in [0.2, 0.25) is 0 Å². The van der Waals surface area contributed by atoms with Crippen LogP contribution in [0.15, 0.2) is 11.6 Å². The van der Waals surface area contributed by atoms with Crippen molar-refractivity contribution in [3.8, 4) is 0 Å². The zero-order chi connectivity index (χ0) is 23.8. The lowest BCUT2D eigenvalue weighted by molar-refractivity contribution is -0.0615. The van der Waals surface area contributed by atoms with Crippen molar-refractivity contribution in [1.29, 1.82) is 0 Å². The van der Waals surface area contributed by atoms with Crippen LogP contribution in [0.1, 0.15) is 112 Å². The zero-order valence-electron chi connectivity index (χ0n) is 22.3. The van der Waals surface area contributed by atoms with Gasteiger partial charge in [-0.15, -0.1) is 0 Å². The highest BCUT2D eigenvalue weighted by atomic mass is 16.7. The summed E-state index contributed by atoms with van der Waals surface area (Å²) in [7, 11) is 0. The number of hydrogen-bond donors (Lipinski definition) is 0. The van der Waals surface area contributed by atoms with Gasteiger partial charge in [-0.05, 0) is 98.2 Å². The lowest BCUT2D eigenvalue weighted by Gasteiger charge is -2.58. The van der Waals surface area contributed by atoms with Gasteiger partial charge in [-0.25, -0.2) is 4.79 Å². The van der Waals surface area contributed by atoms with Gasteiger partial charge in [-0.1, -0.05) is 65.5 Å². The molecule has 4 aliphatic carbocycles. The molecule has 33 heavy (non-hydrogen) atoms. The highest BCUT2D eigenvalue weighted by Gasteiger charge is 2.59. The van der Waals surface area contributed by atoms with Crippen LogP contribution in [0.3, 0.4) is 0 Å². The predicted molar refractivity (Wildman–Crippen MR) is 135 cm³/mol. The third kappa shape index (κ3) is 4.76. The Morgan fingerprint density at radius 2 is 1.85 bits per heavy atom. The molecule has 0 radical (unpaired) electrons. The van der Waals surface area contributed by atoms with Crippen LogP contribution in [0.25, 0.3) is 0 Å². The van der Waals surface area contributed by atoms with E-state index in [2.05, 4.69) is 40.7 Å². The van der Waals surface area contributed by atoms with Gasteiger partial charge in [0.2, 0.25) is 0 Å². The van der Waals surface area contributed by atoms with E-state index in [1.54, 1.807) is 5.57 Å². The second-order valence-corrected chi connectivity index (χ2v) is 13.0. The van der Waals surface area contributed by atoms with E-state index < -0.39 is 6.16 Å². The number of ether oxygens (including phenoxy) is 2. The molecule has 3 heteroatoms. The predicted octanol–water partition coefficient (Wildman–Crippen LogP) is 8.57. The van der Waals surface area contributed by atoms with E-state index in [-0.39, 0.29) is 6.10 Å². The summed E-state index contributed by atoms with van der Waals surface area (Å²) in [6.45, 7) is 14.7. The van der Waals surface area contributed by atoms with Gasteiger partial charge in [-0.3, -0.25) is 0 Å². The number of rotatable bonds is 7. The molecule has 0 heterocycles. The summed E-state index contributed by atoms with van der Waals surface area (Å²) in [5, 5.41) is 0. The molecule has 3 nitrogen and oxygen atoms in total. The SMILES string of the molecule is CCOC(=O)OC1CCC2(C)C(=CCC3C2CCC2(C)C(C(C)CCCC(C)C)CCC32)C1. The lowest BCUT2D eigenvalue weighted by Crippen LogP contribution is -2.51. The summed E-state index contributed by atoms with van der Waals surface area (Å²) >= 11 is 0. The highest BCUT2D eigenvalue weighted by molar-refractivity contribution is 5.60. The molecular formula is C30H50O3. The fourth-order valence-corrected chi connectivity index (χ4v) is 9.04. The fraction of sp³-hybridized carbons (Fsp3) is 0.900. The number of hydrogen-bond acceptors (Lipinski definition) is 3. The quantitative estimate of drug-likeness (QED) is 0.283. The first-order chi connectivity index (χ1) is 15.7. The fourth-order valence-electron chi connectivity index (χ4n) is 9.04. The number of carbonyl (C=O) groups is 1. The van der Waals surface area contributed by atoms with Gasteiger partial charge < -0.3 is 9.47 Å². The largest absolute Gasteiger partial charge is 0.508 e. The molecule has 3 fully saturated rings. The van der Waals surface area contributed by atoms with E-state index in [4.69, 9.17) is 9.47 Å². The molecule has 0 aromatic rings. The molecule has 0 saturated heterocycles. The molecule has 0 N–H and O–H groups in total. The Morgan fingerprint density at radius 3 is 2.58 bits per heavy atom. The molecule has 4 rings (SSSR count). The maximum atomic E-state index is 11.9. The van der Waals surface area contributed by atoms with Crippen LogP contribution < -0.4 is 0 Å². The van der Waals surface area contributed by atoms with E-state index in [0.29, 0.717) is 17.4 Å². The molecule has 0 aliphatic heterocycles. The van der Waals surface area contributed by atoms with Gasteiger partial charge in [0, 0.05) is 6.42 Å². The summed E-state index contributed by atoms with van der Waals surface area (Å²) < 4.78 is 10.7. The van der Waals surface area contributed by atoms with Gasteiger partial charge in [0.1, 0.15) is 6.10 Å². The van der Waals surface area contributed by atoms with Crippen molar-refractivity contribution in [2.24, 2.45) is 46.3 Å². The Morgan fingerprint density at radius 1 is 1.06 bits per heavy atom. The zero-order valence-corrected chi connectivity index (χ0v) is 22.3. The van der Waals surface area contributed by atoms with Crippen molar-refractivity contribution in [2.75, 3.05) is 6.61 Å². The Labute approximate surface area is 203 Å². The minimum absolute atomic E-state index is 0.00340. The van der Waals surface area contributed by atoms with E-state index in [1.807, 2.05) is 6.92 Å². The summed E-state index contributed by atoms with van der Waals surface area (Å²) in [6, 6.07) is 0. The highest BCUT2D eigenvalue weighted by Crippen LogP contribution is 2.67. The summed E-state index contributed by atoms with van der Waals surface area (Å²) in [5.41, 5.74) is 2.42. The number of carbonyl (C=O) groups excluding carboxylic acids is 1. The van der Waals surface area contributed by atoms with Crippen molar-refractivity contribution in [1.82, 2.24) is 0 Å². The molecule has 188 valence electrons. The molecule has 8 unspecified atom stereocenters. The molecule has 3 saturated carbocycles. The van der Waals surface area contributed by atoms with Crippen LogP contribution in [0.5, 0.6) is 0 Å². The van der Waals surface area contributed by atoms with Crippen LogP contribution in [0.4, 0.5) is 4.79 Å².